The van der Waals surface area contributed by atoms with Crippen molar-refractivity contribution in [2.75, 3.05) is 19.8 Å². The molecular formula is C14H20O2. The number of ether oxygens (including phenoxy) is 2. The van der Waals surface area contributed by atoms with E-state index in [9.17, 15) is 0 Å². The monoisotopic (exact) mass is 220 g/mol. The van der Waals surface area contributed by atoms with Gasteiger partial charge in [0.25, 0.3) is 0 Å². The van der Waals surface area contributed by atoms with E-state index in [1.54, 1.807) is 0 Å². The Bertz CT molecular complexity index is 307. The minimum Gasteiger partial charge on any atom is -0.493 e. The van der Waals surface area contributed by atoms with E-state index in [4.69, 9.17) is 9.47 Å². The highest BCUT2D eigenvalue weighted by atomic mass is 16.5. The summed E-state index contributed by atoms with van der Waals surface area (Å²) in [6.45, 7) is 8.15. The van der Waals surface area contributed by atoms with E-state index in [1.807, 2.05) is 30.3 Å². The van der Waals surface area contributed by atoms with Gasteiger partial charge >= 0.3 is 0 Å². The summed E-state index contributed by atoms with van der Waals surface area (Å²) < 4.78 is 11.0. The van der Waals surface area contributed by atoms with Crippen LogP contribution in [0.1, 0.15) is 25.3 Å². The Morgan fingerprint density at radius 1 is 1.25 bits per heavy atom. The van der Waals surface area contributed by atoms with Crippen molar-refractivity contribution in [3.8, 4) is 5.75 Å². The van der Waals surface area contributed by atoms with Crippen LogP contribution in [0.25, 0.3) is 6.08 Å². The molecule has 0 fully saturated rings. The van der Waals surface area contributed by atoms with Crippen LogP contribution in [0, 0.1) is 0 Å². The molecule has 2 nitrogen and oxygen atoms in total. The summed E-state index contributed by atoms with van der Waals surface area (Å²) in [6, 6.07) is 7.92. The molecule has 88 valence electrons. The van der Waals surface area contributed by atoms with Crippen molar-refractivity contribution in [2.45, 2.75) is 19.8 Å². The maximum atomic E-state index is 5.60. The van der Waals surface area contributed by atoms with E-state index in [1.165, 1.54) is 0 Å². The molecule has 0 amide bonds. The van der Waals surface area contributed by atoms with E-state index >= 15 is 0 Å². The van der Waals surface area contributed by atoms with Crippen molar-refractivity contribution in [3.63, 3.8) is 0 Å². The van der Waals surface area contributed by atoms with Gasteiger partial charge < -0.3 is 9.47 Å². The van der Waals surface area contributed by atoms with Gasteiger partial charge in [0.15, 0.2) is 0 Å². The smallest absolute Gasteiger partial charge is 0.119 e. The van der Waals surface area contributed by atoms with Crippen LogP contribution in [0.15, 0.2) is 30.8 Å². The zero-order valence-electron chi connectivity index (χ0n) is 9.95. The molecule has 0 aromatic heterocycles. The van der Waals surface area contributed by atoms with Crippen LogP contribution < -0.4 is 4.74 Å². The van der Waals surface area contributed by atoms with Crippen molar-refractivity contribution in [1.82, 2.24) is 0 Å². The molecule has 0 heterocycles. The van der Waals surface area contributed by atoms with Crippen LogP contribution in [-0.4, -0.2) is 19.8 Å². The van der Waals surface area contributed by atoms with Crippen molar-refractivity contribution >= 4 is 6.08 Å². The lowest BCUT2D eigenvalue weighted by Gasteiger charge is -2.07. The quantitative estimate of drug-likeness (QED) is 0.624. The predicted octanol–water partition coefficient (Wildman–Crippen LogP) is 3.53. The summed E-state index contributed by atoms with van der Waals surface area (Å²) in [5.41, 5.74) is 1.08. The third kappa shape index (κ3) is 4.99. The Labute approximate surface area is 97.9 Å². The van der Waals surface area contributed by atoms with E-state index < -0.39 is 0 Å². The highest BCUT2D eigenvalue weighted by Crippen LogP contribution is 2.14. The van der Waals surface area contributed by atoms with Crippen LogP contribution in [0.4, 0.5) is 0 Å². The van der Waals surface area contributed by atoms with Crippen LogP contribution in [0.2, 0.25) is 0 Å². The van der Waals surface area contributed by atoms with Gasteiger partial charge in [0.05, 0.1) is 6.61 Å². The first-order valence-electron chi connectivity index (χ1n) is 5.80. The summed E-state index contributed by atoms with van der Waals surface area (Å²) >= 11 is 0. The highest BCUT2D eigenvalue weighted by molar-refractivity contribution is 5.49. The van der Waals surface area contributed by atoms with E-state index in [0.29, 0.717) is 6.61 Å². The fourth-order valence-corrected chi connectivity index (χ4v) is 1.33. The normalized spacial score (nSPS) is 10.1. The lowest BCUT2D eigenvalue weighted by molar-refractivity contribution is 0.120. The molecule has 0 radical (unpaired) electrons. The third-order valence-corrected chi connectivity index (χ3v) is 2.14. The fourth-order valence-electron chi connectivity index (χ4n) is 1.33. The second-order valence-electron chi connectivity index (χ2n) is 3.59. The SMILES string of the molecule is C=Cc1cccc(OCCCOCCC)c1. The average Bonchev–Trinajstić information content (AvgIpc) is 2.34. The minimum absolute atomic E-state index is 0.699. The van der Waals surface area contributed by atoms with Gasteiger partial charge in [-0.3, -0.25) is 0 Å². The lowest BCUT2D eigenvalue weighted by Crippen LogP contribution is -2.03. The van der Waals surface area contributed by atoms with E-state index in [0.717, 1.165) is 37.4 Å². The minimum atomic E-state index is 0.699. The van der Waals surface area contributed by atoms with Crippen molar-refractivity contribution < 1.29 is 9.47 Å². The summed E-state index contributed by atoms with van der Waals surface area (Å²) in [4.78, 5) is 0. The molecule has 1 aromatic carbocycles. The van der Waals surface area contributed by atoms with Crippen molar-refractivity contribution in [3.05, 3.63) is 36.4 Å². The van der Waals surface area contributed by atoms with Gasteiger partial charge in [0.1, 0.15) is 5.75 Å². The Morgan fingerprint density at radius 2 is 2.12 bits per heavy atom. The second kappa shape index (κ2) is 7.94. The first-order valence-corrected chi connectivity index (χ1v) is 5.80. The lowest BCUT2D eigenvalue weighted by atomic mass is 10.2. The average molecular weight is 220 g/mol. The second-order valence-corrected chi connectivity index (χ2v) is 3.59. The number of hydrogen-bond acceptors (Lipinski definition) is 2. The number of benzene rings is 1. The Morgan fingerprint density at radius 3 is 2.88 bits per heavy atom. The molecular weight excluding hydrogens is 200 g/mol. The summed E-state index contributed by atoms with van der Waals surface area (Å²) in [7, 11) is 0. The first kappa shape index (κ1) is 12.8. The summed E-state index contributed by atoms with van der Waals surface area (Å²) in [5.74, 6) is 0.896. The Balaban J connectivity index is 2.18. The Kier molecular flexibility index (Phi) is 6.35. The van der Waals surface area contributed by atoms with Gasteiger partial charge in [-0.15, -0.1) is 0 Å². The predicted molar refractivity (Wildman–Crippen MR) is 67.8 cm³/mol. The number of hydrogen-bond donors (Lipinski definition) is 0. The van der Waals surface area contributed by atoms with Crippen LogP contribution in [0.3, 0.4) is 0 Å². The zero-order valence-corrected chi connectivity index (χ0v) is 9.95. The maximum Gasteiger partial charge on any atom is 0.119 e. The fraction of sp³-hybridized carbons (Fsp3) is 0.429. The topological polar surface area (TPSA) is 18.5 Å². The van der Waals surface area contributed by atoms with E-state index in [-0.39, 0.29) is 0 Å². The molecule has 0 aliphatic carbocycles. The highest BCUT2D eigenvalue weighted by Gasteiger charge is 1.94. The molecule has 0 atom stereocenters. The summed E-state index contributed by atoms with van der Waals surface area (Å²) in [5, 5.41) is 0. The molecule has 1 aromatic rings. The first-order chi connectivity index (χ1) is 7.86. The van der Waals surface area contributed by atoms with Crippen LogP contribution in [0.5, 0.6) is 5.75 Å². The zero-order chi connectivity index (χ0) is 11.6. The summed E-state index contributed by atoms with van der Waals surface area (Å²) in [6.07, 6.45) is 3.82. The maximum absolute atomic E-state index is 5.60. The van der Waals surface area contributed by atoms with Crippen molar-refractivity contribution in [1.29, 1.82) is 0 Å². The van der Waals surface area contributed by atoms with Gasteiger partial charge in [-0.05, 0) is 24.1 Å². The van der Waals surface area contributed by atoms with Crippen molar-refractivity contribution in [2.24, 2.45) is 0 Å². The molecule has 1 rings (SSSR count). The third-order valence-electron chi connectivity index (χ3n) is 2.14. The molecule has 16 heavy (non-hydrogen) atoms. The molecule has 0 saturated heterocycles. The molecule has 2 heteroatoms. The molecule has 0 aliphatic heterocycles. The molecule has 0 bridgehead atoms. The molecule has 0 aliphatic rings. The standard InChI is InChI=1S/C14H20O2/c1-3-9-15-10-6-11-16-14-8-5-7-13(4-2)12-14/h4-5,7-8,12H,2-3,6,9-11H2,1H3. The van der Waals surface area contributed by atoms with Gasteiger partial charge in [0.2, 0.25) is 0 Å². The largest absolute Gasteiger partial charge is 0.493 e. The molecule has 0 saturated carbocycles. The van der Waals surface area contributed by atoms with Gasteiger partial charge in [-0.2, -0.15) is 0 Å². The van der Waals surface area contributed by atoms with Crippen LogP contribution >= 0.6 is 0 Å². The van der Waals surface area contributed by atoms with Gasteiger partial charge in [-0.25, -0.2) is 0 Å². The molecule has 0 unspecified atom stereocenters. The number of rotatable bonds is 8. The van der Waals surface area contributed by atoms with Gasteiger partial charge in [-0.1, -0.05) is 31.7 Å². The molecule has 0 N–H and O–H groups in total. The Hall–Kier alpha value is -1.28. The molecule has 0 spiro atoms. The van der Waals surface area contributed by atoms with E-state index in [2.05, 4.69) is 13.5 Å². The van der Waals surface area contributed by atoms with Gasteiger partial charge in [0, 0.05) is 19.6 Å². The van der Waals surface area contributed by atoms with Crippen LogP contribution in [-0.2, 0) is 4.74 Å².